The van der Waals surface area contributed by atoms with E-state index in [1.54, 1.807) is 7.11 Å². The first-order valence-electron chi connectivity index (χ1n) is 7.41. The van der Waals surface area contributed by atoms with Crippen LogP contribution in [0.2, 0.25) is 0 Å². The number of methoxy groups -OCH3 is 1. The van der Waals surface area contributed by atoms with Gasteiger partial charge in [0.05, 0.1) is 6.61 Å². The Hall–Kier alpha value is -0.950. The number of hydrogen-bond acceptors (Lipinski definition) is 4. The van der Waals surface area contributed by atoms with Crippen molar-refractivity contribution in [2.24, 2.45) is 4.99 Å². The van der Waals surface area contributed by atoms with Crippen molar-refractivity contribution < 1.29 is 9.53 Å². The van der Waals surface area contributed by atoms with E-state index >= 15 is 0 Å². The van der Waals surface area contributed by atoms with Crippen molar-refractivity contribution in [1.29, 1.82) is 0 Å². The molecule has 21 heavy (non-hydrogen) atoms. The van der Waals surface area contributed by atoms with Gasteiger partial charge in [0.15, 0.2) is 5.96 Å². The minimum absolute atomic E-state index is 0.0758. The maximum absolute atomic E-state index is 11.7. The van der Waals surface area contributed by atoms with E-state index in [-0.39, 0.29) is 17.2 Å². The van der Waals surface area contributed by atoms with Crippen molar-refractivity contribution in [3.63, 3.8) is 0 Å². The molecular weight excluding hydrogens is 288 g/mol. The molecular formula is C14H28N4O2S. The molecule has 122 valence electrons. The van der Waals surface area contributed by atoms with Gasteiger partial charge in [0.1, 0.15) is 6.54 Å². The molecule has 0 bridgehead atoms. The zero-order valence-electron chi connectivity index (χ0n) is 13.6. The number of nitrogens with zero attached hydrogens (tertiary/aromatic N) is 2. The van der Waals surface area contributed by atoms with Gasteiger partial charge in [-0.15, -0.1) is 0 Å². The van der Waals surface area contributed by atoms with E-state index in [2.05, 4.69) is 34.4 Å². The molecule has 0 aromatic rings. The quantitative estimate of drug-likeness (QED) is 0.425. The second-order valence-electron chi connectivity index (χ2n) is 5.54. The molecule has 0 unspecified atom stereocenters. The Balaban J connectivity index is 2.55. The van der Waals surface area contributed by atoms with Crippen LogP contribution in [0.15, 0.2) is 4.99 Å². The lowest BCUT2D eigenvalue weighted by Gasteiger charge is -2.39. The van der Waals surface area contributed by atoms with E-state index < -0.39 is 0 Å². The molecule has 1 heterocycles. The molecule has 1 aliphatic rings. The Morgan fingerprint density at radius 1 is 1.43 bits per heavy atom. The predicted molar refractivity (Wildman–Crippen MR) is 89.0 cm³/mol. The normalized spacial score (nSPS) is 18.5. The van der Waals surface area contributed by atoms with E-state index in [9.17, 15) is 4.79 Å². The van der Waals surface area contributed by atoms with Gasteiger partial charge in [-0.3, -0.25) is 4.79 Å². The fourth-order valence-corrected chi connectivity index (χ4v) is 3.23. The first kappa shape index (κ1) is 18.1. The van der Waals surface area contributed by atoms with Gasteiger partial charge in [0.25, 0.3) is 0 Å². The number of aliphatic imine (C=N–C) groups is 1. The summed E-state index contributed by atoms with van der Waals surface area (Å²) < 4.78 is 5.12. The molecule has 1 fully saturated rings. The van der Waals surface area contributed by atoms with Crippen molar-refractivity contribution in [2.45, 2.75) is 25.5 Å². The van der Waals surface area contributed by atoms with Crippen LogP contribution < -0.4 is 10.6 Å². The molecule has 1 rings (SSSR count). The third-order valence-corrected chi connectivity index (χ3v) is 4.36. The van der Waals surface area contributed by atoms with Crippen LogP contribution in [0.5, 0.6) is 0 Å². The summed E-state index contributed by atoms with van der Waals surface area (Å²) in [4.78, 5) is 18.4. The molecule has 0 atom stereocenters. The first-order valence-corrected chi connectivity index (χ1v) is 8.40. The molecule has 0 saturated carbocycles. The van der Waals surface area contributed by atoms with Gasteiger partial charge in [-0.25, -0.2) is 4.99 Å². The van der Waals surface area contributed by atoms with Gasteiger partial charge < -0.3 is 20.3 Å². The summed E-state index contributed by atoms with van der Waals surface area (Å²) in [6, 6.07) is 0. The van der Waals surface area contributed by atoms with Crippen LogP contribution in [0.3, 0.4) is 0 Å². The van der Waals surface area contributed by atoms with E-state index in [4.69, 9.17) is 4.74 Å². The summed E-state index contributed by atoms with van der Waals surface area (Å²) in [6.07, 6.45) is 0. The van der Waals surface area contributed by atoms with Crippen molar-refractivity contribution in [3.8, 4) is 0 Å². The molecule has 1 amide bonds. The number of nitrogens with one attached hydrogen (secondary N) is 2. The van der Waals surface area contributed by atoms with Crippen molar-refractivity contribution in [2.75, 3.05) is 52.2 Å². The van der Waals surface area contributed by atoms with Gasteiger partial charge in [0.2, 0.25) is 5.91 Å². The summed E-state index contributed by atoms with van der Waals surface area (Å²) in [5.41, 5.74) is 0. The molecule has 2 N–H and O–H groups in total. The standard InChI is InChI=1S/C14H28N4O2S/c1-5-15-13(17-10-12(19)16-6-8-20-4)18-7-9-21-14(2,3)11-18/h5-11H2,1-4H3,(H,15,17)(H,16,19). The number of rotatable bonds is 6. The number of hydrogen-bond donors (Lipinski definition) is 2. The molecule has 6 nitrogen and oxygen atoms in total. The highest BCUT2D eigenvalue weighted by Crippen LogP contribution is 2.29. The Morgan fingerprint density at radius 2 is 2.19 bits per heavy atom. The van der Waals surface area contributed by atoms with Crippen LogP contribution in [0.25, 0.3) is 0 Å². The Labute approximate surface area is 132 Å². The summed E-state index contributed by atoms with van der Waals surface area (Å²) >= 11 is 1.98. The topological polar surface area (TPSA) is 66.0 Å². The molecule has 0 spiro atoms. The number of thioether (sulfide) groups is 1. The SMILES string of the molecule is CCNC(=NCC(=O)NCCOC)N1CCSC(C)(C)C1. The molecule has 0 aromatic carbocycles. The number of amides is 1. The summed E-state index contributed by atoms with van der Waals surface area (Å²) in [5.74, 6) is 1.83. The van der Waals surface area contributed by atoms with Crippen molar-refractivity contribution >= 4 is 23.6 Å². The van der Waals surface area contributed by atoms with E-state index in [1.165, 1.54) is 0 Å². The van der Waals surface area contributed by atoms with Gasteiger partial charge >= 0.3 is 0 Å². The Bertz CT molecular complexity index is 361. The average molecular weight is 316 g/mol. The van der Waals surface area contributed by atoms with Crippen LogP contribution >= 0.6 is 11.8 Å². The molecule has 0 aromatic heterocycles. The van der Waals surface area contributed by atoms with Gasteiger partial charge in [-0.05, 0) is 20.8 Å². The zero-order chi connectivity index (χ0) is 15.7. The first-order chi connectivity index (χ1) is 9.98. The minimum Gasteiger partial charge on any atom is -0.383 e. The second kappa shape index (κ2) is 9.15. The van der Waals surface area contributed by atoms with Crippen LogP contribution in [-0.2, 0) is 9.53 Å². The van der Waals surface area contributed by atoms with E-state index in [0.717, 1.165) is 31.3 Å². The fraction of sp³-hybridized carbons (Fsp3) is 0.857. The Kier molecular flexibility index (Phi) is 7.88. The lowest BCUT2D eigenvalue weighted by Crippen LogP contribution is -2.51. The highest BCUT2D eigenvalue weighted by Gasteiger charge is 2.28. The summed E-state index contributed by atoms with van der Waals surface area (Å²) in [6.45, 7) is 10.4. The van der Waals surface area contributed by atoms with Crippen LogP contribution in [0.4, 0.5) is 0 Å². The van der Waals surface area contributed by atoms with Crippen LogP contribution in [-0.4, -0.2) is 73.7 Å². The smallest absolute Gasteiger partial charge is 0.241 e. The maximum Gasteiger partial charge on any atom is 0.241 e. The Morgan fingerprint density at radius 3 is 2.81 bits per heavy atom. The number of carbonyl (C=O) groups is 1. The number of guanidine groups is 1. The summed E-state index contributed by atoms with van der Waals surface area (Å²) in [7, 11) is 1.61. The molecule has 1 saturated heterocycles. The van der Waals surface area contributed by atoms with Crippen molar-refractivity contribution in [3.05, 3.63) is 0 Å². The zero-order valence-corrected chi connectivity index (χ0v) is 14.4. The summed E-state index contributed by atoms with van der Waals surface area (Å²) in [5, 5.41) is 6.05. The van der Waals surface area contributed by atoms with Crippen molar-refractivity contribution in [1.82, 2.24) is 15.5 Å². The largest absolute Gasteiger partial charge is 0.383 e. The number of carbonyl (C=O) groups excluding carboxylic acids is 1. The highest BCUT2D eigenvalue weighted by atomic mass is 32.2. The van der Waals surface area contributed by atoms with E-state index in [0.29, 0.717) is 13.2 Å². The van der Waals surface area contributed by atoms with Gasteiger partial charge in [0, 0.05) is 43.8 Å². The van der Waals surface area contributed by atoms with Crippen LogP contribution in [0.1, 0.15) is 20.8 Å². The third-order valence-electron chi connectivity index (χ3n) is 3.06. The van der Waals surface area contributed by atoms with Gasteiger partial charge in [-0.2, -0.15) is 11.8 Å². The molecule has 1 aliphatic heterocycles. The lowest BCUT2D eigenvalue weighted by molar-refractivity contribution is -0.119. The average Bonchev–Trinajstić information content (AvgIpc) is 2.42. The highest BCUT2D eigenvalue weighted by molar-refractivity contribution is 8.00. The molecule has 7 heteroatoms. The third kappa shape index (κ3) is 7.04. The lowest BCUT2D eigenvalue weighted by atomic mass is 10.2. The maximum atomic E-state index is 11.7. The second-order valence-corrected chi connectivity index (χ2v) is 7.34. The number of ether oxygens (including phenoxy) is 1. The minimum atomic E-state index is -0.0758. The van der Waals surface area contributed by atoms with Crippen LogP contribution in [0, 0.1) is 0 Å². The van der Waals surface area contributed by atoms with Gasteiger partial charge in [-0.1, -0.05) is 0 Å². The molecule has 0 radical (unpaired) electrons. The predicted octanol–water partition coefficient (Wildman–Crippen LogP) is 0.542. The van der Waals surface area contributed by atoms with E-state index in [1.807, 2.05) is 18.7 Å². The molecule has 0 aliphatic carbocycles. The fourth-order valence-electron chi connectivity index (χ4n) is 2.12. The monoisotopic (exact) mass is 316 g/mol.